The molecule has 0 fully saturated rings. The van der Waals surface area contributed by atoms with E-state index < -0.39 is 0 Å². The monoisotopic (exact) mass is 267 g/mol. The summed E-state index contributed by atoms with van der Waals surface area (Å²) in [5.41, 5.74) is 1.22. The number of amides is 1. The average Bonchev–Trinajstić information content (AvgIpc) is 2.69. The molecular weight excluding hydrogens is 242 g/mol. The Balaban J connectivity index is 3.02. The van der Waals surface area contributed by atoms with Crippen LogP contribution in [0.4, 0.5) is 0 Å². The van der Waals surface area contributed by atoms with E-state index in [0.717, 1.165) is 17.7 Å². The molecule has 0 saturated heterocycles. The van der Waals surface area contributed by atoms with Crippen LogP contribution in [0.15, 0.2) is 6.07 Å². The number of hydrogen-bond acceptors (Lipinski definition) is 2. The Morgan fingerprint density at radius 3 is 2.06 bits per heavy atom. The average molecular weight is 267 g/mol. The summed E-state index contributed by atoms with van der Waals surface area (Å²) in [6, 6.07) is 2.63. The highest BCUT2D eigenvalue weighted by molar-refractivity contribution is 7.14. The summed E-state index contributed by atoms with van der Waals surface area (Å²) in [5, 5.41) is 0. The lowest BCUT2D eigenvalue weighted by atomic mass is 10.1. The van der Waals surface area contributed by atoms with Gasteiger partial charge in [0.05, 0.1) is 4.88 Å². The number of thiophene rings is 1. The molecule has 0 bridgehead atoms. The molecule has 0 aliphatic carbocycles. The Hall–Kier alpha value is -0.830. The molecule has 1 heterocycles. The first-order chi connectivity index (χ1) is 8.42. The minimum atomic E-state index is 0.194. The molecule has 2 nitrogen and oxygen atoms in total. The van der Waals surface area contributed by atoms with Gasteiger partial charge in [-0.25, -0.2) is 0 Å². The first-order valence-electron chi connectivity index (χ1n) is 6.82. The van der Waals surface area contributed by atoms with Crippen LogP contribution in [0.2, 0.25) is 0 Å². The summed E-state index contributed by atoms with van der Waals surface area (Å²) in [6.07, 6.45) is 2.00. The molecule has 0 saturated carbocycles. The van der Waals surface area contributed by atoms with Gasteiger partial charge >= 0.3 is 0 Å². The van der Waals surface area contributed by atoms with Crippen LogP contribution in [0.5, 0.6) is 0 Å². The maximum Gasteiger partial charge on any atom is 0.264 e. The van der Waals surface area contributed by atoms with Crippen LogP contribution in [0.25, 0.3) is 0 Å². The van der Waals surface area contributed by atoms with Crippen molar-refractivity contribution < 1.29 is 4.79 Å². The van der Waals surface area contributed by atoms with Crippen molar-refractivity contribution in [2.45, 2.75) is 66.5 Å². The molecule has 102 valence electrons. The summed E-state index contributed by atoms with van der Waals surface area (Å²) < 4.78 is 0. The van der Waals surface area contributed by atoms with Crippen LogP contribution in [-0.4, -0.2) is 22.9 Å². The van der Waals surface area contributed by atoms with E-state index in [2.05, 4.69) is 41.5 Å². The SMILES string of the molecule is CC[C@@H](C)N(C(=O)c1cc(C)c(C)s1)[C@@H](C)CC. The number of hydrogen-bond donors (Lipinski definition) is 0. The van der Waals surface area contributed by atoms with Gasteiger partial charge in [0.1, 0.15) is 0 Å². The van der Waals surface area contributed by atoms with Crippen molar-refractivity contribution in [3.63, 3.8) is 0 Å². The quantitative estimate of drug-likeness (QED) is 0.774. The number of carbonyl (C=O) groups is 1. The minimum Gasteiger partial charge on any atom is -0.333 e. The maximum atomic E-state index is 12.6. The van der Waals surface area contributed by atoms with Gasteiger partial charge in [-0.15, -0.1) is 11.3 Å². The van der Waals surface area contributed by atoms with E-state index in [1.54, 1.807) is 11.3 Å². The molecule has 2 atom stereocenters. The highest BCUT2D eigenvalue weighted by atomic mass is 32.1. The largest absolute Gasteiger partial charge is 0.333 e. The Morgan fingerprint density at radius 2 is 1.72 bits per heavy atom. The highest BCUT2D eigenvalue weighted by Crippen LogP contribution is 2.24. The fraction of sp³-hybridized carbons (Fsp3) is 0.667. The minimum absolute atomic E-state index is 0.194. The van der Waals surface area contributed by atoms with Gasteiger partial charge in [0.25, 0.3) is 5.91 Å². The molecule has 1 aromatic heterocycles. The van der Waals surface area contributed by atoms with Crippen molar-refractivity contribution >= 4 is 17.2 Å². The van der Waals surface area contributed by atoms with E-state index >= 15 is 0 Å². The van der Waals surface area contributed by atoms with E-state index in [4.69, 9.17) is 0 Å². The lowest BCUT2D eigenvalue weighted by molar-refractivity contribution is 0.0603. The topological polar surface area (TPSA) is 20.3 Å². The smallest absolute Gasteiger partial charge is 0.264 e. The number of rotatable bonds is 5. The molecule has 0 aliphatic rings. The van der Waals surface area contributed by atoms with Crippen molar-refractivity contribution in [1.29, 1.82) is 0 Å². The highest BCUT2D eigenvalue weighted by Gasteiger charge is 2.25. The lowest BCUT2D eigenvalue weighted by Gasteiger charge is -2.33. The Kier molecular flexibility index (Phi) is 5.39. The van der Waals surface area contributed by atoms with Crippen molar-refractivity contribution in [2.75, 3.05) is 0 Å². The number of aryl methyl sites for hydroxylation is 2. The first-order valence-corrected chi connectivity index (χ1v) is 7.63. The van der Waals surface area contributed by atoms with E-state index in [0.29, 0.717) is 12.1 Å². The van der Waals surface area contributed by atoms with Gasteiger partial charge in [-0.2, -0.15) is 0 Å². The molecule has 18 heavy (non-hydrogen) atoms. The zero-order valence-electron chi connectivity index (χ0n) is 12.4. The van der Waals surface area contributed by atoms with Gasteiger partial charge in [-0.3, -0.25) is 4.79 Å². The fourth-order valence-corrected chi connectivity index (χ4v) is 3.01. The number of carbonyl (C=O) groups excluding carboxylic acids is 1. The Morgan fingerprint density at radius 1 is 1.22 bits per heavy atom. The van der Waals surface area contributed by atoms with Crippen molar-refractivity contribution in [3.05, 3.63) is 21.4 Å². The van der Waals surface area contributed by atoms with Gasteiger partial charge in [-0.05, 0) is 52.2 Å². The van der Waals surface area contributed by atoms with Gasteiger partial charge in [-0.1, -0.05) is 13.8 Å². The molecule has 1 amide bonds. The van der Waals surface area contributed by atoms with E-state index in [9.17, 15) is 4.79 Å². The molecule has 1 rings (SSSR count). The predicted octanol–water partition coefficient (Wildman–Crippen LogP) is 4.40. The molecule has 0 aromatic carbocycles. The summed E-state index contributed by atoms with van der Waals surface area (Å²) in [7, 11) is 0. The standard InChI is InChI=1S/C15H25NOS/c1-7-11(4)16(12(5)8-2)15(17)14-9-10(3)13(6)18-14/h9,11-12H,7-8H2,1-6H3/t11-,12+. The van der Waals surface area contributed by atoms with Crippen LogP contribution in [0.1, 0.15) is 60.6 Å². The third kappa shape index (κ3) is 3.14. The molecule has 3 heteroatoms. The molecule has 0 unspecified atom stereocenters. The van der Waals surface area contributed by atoms with Crippen molar-refractivity contribution in [1.82, 2.24) is 4.90 Å². The van der Waals surface area contributed by atoms with Gasteiger partial charge in [0.2, 0.25) is 0 Å². The van der Waals surface area contributed by atoms with Crippen LogP contribution in [0, 0.1) is 13.8 Å². The molecular formula is C15H25NOS. The van der Waals surface area contributed by atoms with Crippen LogP contribution >= 0.6 is 11.3 Å². The zero-order chi connectivity index (χ0) is 13.9. The van der Waals surface area contributed by atoms with Crippen molar-refractivity contribution in [3.8, 4) is 0 Å². The van der Waals surface area contributed by atoms with Crippen LogP contribution in [0.3, 0.4) is 0 Å². The van der Waals surface area contributed by atoms with Crippen LogP contribution in [-0.2, 0) is 0 Å². The van der Waals surface area contributed by atoms with E-state index in [-0.39, 0.29) is 5.91 Å². The van der Waals surface area contributed by atoms with Gasteiger partial charge in [0.15, 0.2) is 0 Å². The number of nitrogens with zero attached hydrogens (tertiary/aromatic N) is 1. The Labute approximate surface area is 115 Å². The normalized spacial score (nSPS) is 14.3. The van der Waals surface area contributed by atoms with Crippen LogP contribution < -0.4 is 0 Å². The molecule has 0 N–H and O–H groups in total. The second kappa shape index (κ2) is 6.37. The summed E-state index contributed by atoms with van der Waals surface area (Å²) in [4.78, 5) is 16.8. The fourth-order valence-electron chi connectivity index (χ4n) is 2.03. The van der Waals surface area contributed by atoms with Gasteiger partial charge < -0.3 is 4.90 Å². The third-order valence-corrected chi connectivity index (χ3v) is 4.88. The van der Waals surface area contributed by atoms with E-state index in [1.807, 2.05) is 11.0 Å². The van der Waals surface area contributed by atoms with Crippen molar-refractivity contribution in [2.24, 2.45) is 0 Å². The molecule has 0 aliphatic heterocycles. The molecule has 0 radical (unpaired) electrons. The first kappa shape index (κ1) is 15.2. The summed E-state index contributed by atoms with van der Waals surface area (Å²) >= 11 is 1.62. The van der Waals surface area contributed by atoms with Gasteiger partial charge in [0, 0.05) is 17.0 Å². The zero-order valence-corrected chi connectivity index (χ0v) is 13.2. The summed E-state index contributed by atoms with van der Waals surface area (Å²) in [6.45, 7) is 12.7. The van der Waals surface area contributed by atoms with E-state index in [1.165, 1.54) is 10.4 Å². The molecule has 0 spiro atoms. The predicted molar refractivity (Wildman–Crippen MR) is 79.5 cm³/mol. The maximum absolute atomic E-state index is 12.6. The second-order valence-electron chi connectivity index (χ2n) is 5.08. The summed E-state index contributed by atoms with van der Waals surface area (Å²) in [5.74, 6) is 0.194. The second-order valence-corrected chi connectivity index (χ2v) is 6.33. The Bertz CT molecular complexity index is 381. The third-order valence-electron chi connectivity index (χ3n) is 3.74. The molecule has 1 aromatic rings. The lowest BCUT2D eigenvalue weighted by Crippen LogP contribution is -2.44.